The molecule has 0 saturated carbocycles. The molecule has 1 aromatic carbocycles. The summed E-state index contributed by atoms with van der Waals surface area (Å²) in [7, 11) is 0. The van der Waals surface area contributed by atoms with Crippen LogP contribution in [0.25, 0.3) is 10.9 Å². The van der Waals surface area contributed by atoms with Gasteiger partial charge in [-0.2, -0.15) is 5.10 Å². The summed E-state index contributed by atoms with van der Waals surface area (Å²) in [6, 6.07) is 0.687. The van der Waals surface area contributed by atoms with Crippen LogP contribution in [0.3, 0.4) is 0 Å². The van der Waals surface area contributed by atoms with Crippen LogP contribution in [0.5, 0.6) is 0 Å². The highest BCUT2D eigenvalue weighted by atomic mass is 19.2. The third-order valence-electron chi connectivity index (χ3n) is 2.30. The lowest BCUT2D eigenvalue weighted by Gasteiger charge is -2.00. The summed E-state index contributed by atoms with van der Waals surface area (Å²) in [4.78, 5) is 11.5. The zero-order chi connectivity index (χ0) is 11.9. The van der Waals surface area contributed by atoms with E-state index < -0.39 is 22.9 Å². The van der Waals surface area contributed by atoms with E-state index in [1.54, 1.807) is 6.92 Å². The Kier molecular flexibility index (Phi) is 2.41. The van der Waals surface area contributed by atoms with Crippen molar-refractivity contribution in [2.24, 2.45) is 0 Å². The second-order valence-electron chi connectivity index (χ2n) is 3.30. The van der Waals surface area contributed by atoms with Crippen LogP contribution < -0.4 is 10.1 Å². The van der Waals surface area contributed by atoms with Gasteiger partial charge in [0.25, 0.3) is 5.43 Å². The smallest absolute Gasteiger partial charge is 0.253 e. The molecule has 0 aliphatic heterocycles. The first-order chi connectivity index (χ1) is 7.54. The molecule has 2 aromatic rings. The standard InChI is InChI=1S/C10H7F3N2O/c1-2-15-4-7(16)5-3-6(11)8(12)9(13)10(5)14-15/h3-4H,2H2,1H3/p+1. The summed E-state index contributed by atoms with van der Waals surface area (Å²) >= 11 is 0. The number of hydrogen-bond donors (Lipinski definition) is 1. The third-order valence-corrected chi connectivity index (χ3v) is 2.30. The summed E-state index contributed by atoms with van der Waals surface area (Å²) in [5, 5.41) is 2.28. The first-order valence-electron chi connectivity index (χ1n) is 4.64. The van der Waals surface area contributed by atoms with Crippen molar-refractivity contribution >= 4 is 10.9 Å². The molecule has 0 spiro atoms. The molecular weight excluding hydrogens is 221 g/mol. The monoisotopic (exact) mass is 229 g/mol. The lowest BCUT2D eigenvalue weighted by Crippen LogP contribution is -2.40. The fraction of sp³-hybridized carbons (Fsp3) is 0.200. The number of aromatic nitrogens is 2. The van der Waals surface area contributed by atoms with Gasteiger partial charge in [0.15, 0.2) is 24.0 Å². The SMILES string of the molecule is CC[n+]1cc(=O)c2cc(F)c(F)c(F)c2[nH]1. The Bertz CT molecular complexity index is 621. The van der Waals surface area contributed by atoms with Gasteiger partial charge in [0, 0.05) is 0 Å². The van der Waals surface area contributed by atoms with Gasteiger partial charge in [-0.05, 0) is 13.0 Å². The van der Waals surface area contributed by atoms with Crippen LogP contribution in [0.15, 0.2) is 17.1 Å². The number of rotatable bonds is 1. The molecular formula is C10H8F3N2O+. The van der Waals surface area contributed by atoms with Gasteiger partial charge in [0.1, 0.15) is 5.52 Å². The molecule has 1 heterocycles. The number of nitrogens with one attached hydrogen (secondary N) is 1. The molecule has 0 aliphatic rings. The molecule has 1 N–H and O–H groups in total. The lowest BCUT2D eigenvalue weighted by atomic mass is 10.2. The van der Waals surface area contributed by atoms with Crippen molar-refractivity contribution in [2.45, 2.75) is 13.5 Å². The van der Waals surface area contributed by atoms with E-state index >= 15 is 0 Å². The molecule has 0 aliphatic carbocycles. The van der Waals surface area contributed by atoms with Crippen molar-refractivity contribution in [3.63, 3.8) is 0 Å². The van der Waals surface area contributed by atoms with Crippen LogP contribution in [-0.2, 0) is 6.54 Å². The Hall–Kier alpha value is -1.85. The maximum absolute atomic E-state index is 13.4. The number of aryl methyl sites for hydroxylation is 1. The molecule has 1 aromatic heterocycles. The first kappa shape index (κ1) is 10.7. The van der Waals surface area contributed by atoms with Gasteiger partial charge < -0.3 is 0 Å². The molecule has 0 fully saturated rings. The van der Waals surface area contributed by atoms with E-state index in [9.17, 15) is 18.0 Å². The largest absolute Gasteiger partial charge is 0.282 e. The molecule has 0 unspecified atom stereocenters. The Morgan fingerprint density at radius 1 is 1.31 bits per heavy atom. The molecule has 0 saturated heterocycles. The minimum absolute atomic E-state index is 0.207. The van der Waals surface area contributed by atoms with E-state index in [1.807, 2.05) is 0 Å². The first-order valence-corrected chi connectivity index (χ1v) is 4.64. The van der Waals surface area contributed by atoms with E-state index in [4.69, 9.17) is 0 Å². The lowest BCUT2D eigenvalue weighted by molar-refractivity contribution is -0.749. The maximum atomic E-state index is 13.4. The van der Waals surface area contributed by atoms with E-state index in [2.05, 4.69) is 5.10 Å². The number of nitrogens with zero attached hydrogens (tertiary/aromatic N) is 1. The van der Waals surface area contributed by atoms with Gasteiger partial charge in [-0.3, -0.25) is 4.79 Å². The highest BCUT2D eigenvalue weighted by molar-refractivity contribution is 5.77. The molecule has 0 radical (unpaired) electrons. The maximum Gasteiger partial charge on any atom is 0.253 e. The molecule has 6 heteroatoms. The van der Waals surface area contributed by atoms with Gasteiger partial charge in [0.2, 0.25) is 6.20 Å². The normalized spacial score (nSPS) is 11.0. The molecule has 0 bridgehead atoms. The zero-order valence-electron chi connectivity index (χ0n) is 8.35. The second kappa shape index (κ2) is 3.62. The topological polar surface area (TPSA) is 36.7 Å². The van der Waals surface area contributed by atoms with Gasteiger partial charge in [-0.15, -0.1) is 4.68 Å². The molecule has 16 heavy (non-hydrogen) atoms. The molecule has 84 valence electrons. The summed E-state index contributed by atoms with van der Waals surface area (Å²) in [5.74, 6) is -4.34. The van der Waals surface area contributed by atoms with E-state index in [-0.39, 0.29) is 10.9 Å². The van der Waals surface area contributed by atoms with E-state index in [0.717, 1.165) is 0 Å². The molecule has 0 amide bonds. The second-order valence-corrected chi connectivity index (χ2v) is 3.30. The molecule has 3 nitrogen and oxygen atoms in total. The van der Waals surface area contributed by atoms with Crippen LogP contribution in [0.2, 0.25) is 0 Å². The van der Waals surface area contributed by atoms with Crippen molar-refractivity contribution in [1.29, 1.82) is 0 Å². The van der Waals surface area contributed by atoms with Crippen molar-refractivity contribution < 1.29 is 17.9 Å². The van der Waals surface area contributed by atoms with Crippen LogP contribution in [-0.4, -0.2) is 5.10 Å². The van der Waals surface area contributed by atoms with Crippen molar-refractivity contribution in [3.05, 3.63) is 39.9 Å². The van der Waals surface area contributed by atoms with Crippen LogP contribution >= 0.6 is 0 Å². The van der Waals surface area contributed by atoms with Crippen molar-refractivity contribution in [1.82, 2.24) is 5.10 Å². The number of aromatic amines is 1. The quantitative estimate of drug-likeness (QED) is 0.580. The van der Waals surface area contributed by atoms with Gasteiger partial charge >= 0.3 is 0 Å². The Morgan fingerprint density at radius 3 is 2.62 bits per heavy atom. The Labute approximate surface area is 88.1 Å². The fourth-order valence-corrected chi connectivity index (χ4v) is 1.46. The minimum atomic E-state index is -1.59. The van der Waals surface area contributed by atoms with Gasteiger partial charge in [-0.25, -0.2) is 13.2 Å². The summed E-state index contributed by atoms with van der Waals surface area (Å²) < 4.78 is 40.5. The average Bonchev–Trinajstić information content (AvgIpc) is 2.27. The number of hydrogen-bond acceptors (Lipinski definition) is 1. The van der Waals surface area contributed by atoms with Crippen LogP contribution in [0.1, 0.15) is 6.92 Å². The van der Waals surface area contributed by atoms with E-state index in [1.165, 1.54) is 10.9 Å². The number of fused-ring (bicyclic) bond motifs is 1. The number of benzene rings is 1. The van der Waals surface area contributed by atoms with Crippen LogP contribution in [0.4, 0.5) is 13.2 Å². The molecule has 0 atom stereocenters. The summed E-state index contributed by atoms with van der Waals surface area (Å²) in [5.41, 5.74) is -0.887. The number of halogens is 3. The fourth-order valence-electron chi connectivity index (χ4n) is 1.46. The van der Waals surface area contributed by atoms with Crippen molar-refractivity contribution in [3.8, 4) is 0 Å². The number of H-pyrrole nitrogens is 1. The predicted octanol–water partition coefficient (Wildman–Crippen LogP) is 1.25. The Balaban J connectivity index is 2.96. The third kappa shape index (κ3) is 1.46. The van der Waals surface area contributed by atoms with Crippen molar-refractivity contribution in [2.75, 3.05) is 0 Å². The average molecular weight is 229 g/mol. The highest BCUT2D eigenvalue weighted by Gasteiger charge is 2.18. The highest BCUT2D eigenvalue weighted by Crippen LogP contribution is 2.17. The zero-order valence-corrected chi connectivity index (χ0v) is 8.35. The van der Waals surface area contributed by atoms with Crippen LogP contribution in [0, 0.1) is 17.5 Å². The summed E-state index contributed by atoms with van der Waals surface area (Å²) in [6.45, 7) is 2.11. The van der Waals surface area contributed by atoms with Gasteiger partial charge in [-0.1, -0.05) is 0 Å². The van der Waals surface area contributed by atoms with Gasteiger partial charge in [0.05, 0.1) is 5.39 Å². The summed E-state index contributed by atoms with van der Waals surface area (Å²) in [6.07, 6.45) is 1.17. The predicted molar refractivity (Wildman–Crippen MR) is 50.3 cm³/mol. The van der Waals surface area contributed by atoms with E-state index in [0.29, 0.717) is 12.6 Å². The Morgan fingerprint density at radius 2 is 2.00 bits per heavy atom. The molecule has 2 rings (SSSR count). The minimum Gasteiger partial charge on any atom is -0.282 e.